The van der Waals surface area contributed by atoms with E-state index >= 15 is 0 Å². The van der Waals surface area contributed by atoms with Gasteiger partial charge < -0.3 is 4.74 Å². The number of alkyl halides is 2. The molecule has 0 bridgehead atoms. The van der Waals surface area contributed by atoms with Gasteiger partial charge >= 0.3 is 17.0 Å². The second kappa shape index (κ2) is 5.16. The maximum Gasteiger partial charge on any atom is 0.387 e. The molecule has 0 aliphatic rings. The molecule has 0 saturated carbocycles. The Kier molecular flexibility index (Phi) is 4.15. The van der Waals surface area contributed by atoms with Crippen molar-refractivity contribution in [3.05, 3.63) is 23.8 Å². The number of ether oxygens (including phenoxy) is 1. The summed E-state index contributed by atoms with van der Waals surface area (Å²) in [6.45, 7) is -3.02. The summed E-state index contributed by atoms with van der Waals surface area (Å²) in [5, 5.41) is 8.72. The molecule has 0 fully saturated rings. The number of hydrogen-bond donors (Lipinski definition) is 1. The van der Waals surface area contributed by atoms with E-state index in [0.717, 1.165) is 0 Å². The minimum absolute atomic E-state index is 0.0670. The zero-order chi connectivity index (χ0) is 11.4. The third-order valence-corrected chi connectivity index (χ3v) is 2.70. The van der Waals surface area contributed by atoms with Gasteiger partial charge in [-0.1, -0.05) is 6.07 Å². The summed E-state index contributed by atoms with van der Waals surface area (Å²) in [4.78, 5) is 0.0670. The molecular formula is C8H5ClF2NO2S+. The molecule has 0 aliphatic heterocycles. The van der Waals surface area contributed by atoms with E-state index in [1.54, 1.807) is 6.07 Å². The van der Waals surface area contributed by atoms with Gasteiger partial charge in [-0.25, -0.2) is 0 Å². The van der Waals surface area contributed by atoms with Gasteiger partial charge in [0, 0.05) is 6.07 Å². The summed E-state index contributed by atoms with van der Waals surface area (Å²) in [6, 6.07) is 5.60. The maximum absolute atomic E-state index is 11.9. The van der Waals surface area contributed by atoms with E-state index < -0.39 is 17.0 Å². The lowest BCUT2D eigenvalue weighted by molar-refractivity contribution is -0.0501. The SMILES string of the molecule is N#Cc1c(OC(F)F)cccc1[S+](O)Cl. The predicted octanol–water partition coefficient (Wildman–Crippen LogP) is 2.76. The molecule has 1 unspecified atom stereocenters. The Hall–Kier alpha value is -1.03. The van der Waals surface area contributed by atoms with Crippen molar-refractivity contribution < 1.29 is 18.1 Å². The molecule has 1 rings (SSSR count). The molecule has 7 heteroatoms. The Balaban J connectivity index is 3.18. The third-order valence-electron chi connectivity index (χ3n) is 1.50. The fourth-order valence-corrected chi connectivity index (χ4v) is 1.85. The van der Waals surface area contributed by atoms with Crippen LogP contribution in [0.15, 0.2) is 23.1 Å². The summed E-state index contributed by atoms with van der Waals surface area (Å²) >= 11 is 0. The molecule has 3 nitrogen and oxygen atoms in total. The van der Waals surface area contributed by atoms with Crippen LogP contribution in [0.1, 0.15) is 5.56 Å². The van der Waals surface area contributed by atoms with Gasteiger partial charge in [0.15, 0.2) is 5.56 Å². The Labute approximate surface area is 91.9 Å². The van der Waals surface area contributed by atoms with Gasteiger partial charge in [-0.15, -0.1) is 0 Å². The van der Waals surface area contributed by atoms with Crippen LogP contribution < -0.4 is 4.74 Å². The molecule has 0 heterocycles. The molecule has 0 amide bonds. The zero-order valence-electron chi connectivity index (χ0n) is 7.15. The van der Waals surface area contributed by atoms with Crippen LogP contribution in [0.25, 0.3) is 0 Å². The lowest BCUT2D eigenvalue weighted by Gasteiger charge is -2.05. The van der Waals surface area contributed by atoms with Crippen LogP contribution >= 0.6 is 10.7 Å². The molecule has 0 spiro atoms. The number of nitriles is 1. The fourth-order valence-electron chi connectivity index (χ4n) is 0.956. The number of benzene rings is 1. The summed E-state index contributed by atoms with van der Waals surface area (Å²) in [5.41, 5.74) is -0.182. The molecule has 1 N–H and O–H groups in total. The molecule has 1 atom stereocenters. The highest BCUT2D eigenvalue weighted by molar-refractivity contribution is 8.13. The fraction of sp³-hybridized carbons (Fsp3) is 0.125. The molecule has 80 valence electrons. The van der Waals surface area contributed by atoms with Gasteiger partial charge in [-0.05, 0) is 6.07 Å². The second-order valence-electron chi connectivity index (χ2n) is 2.36. The largest absolute Gasteiger partial charge is 0.433 e. The van der Waals surface area contributed by atoms with Crippen LogP contribution in [0.5, 0.6) is 5.75 Å². The van der Waals surface area contributed by atoms with Crippen molar-refractivity contribution in [2.24, 2.45) is 0 Å². The molecule has 1 aromatic rings. The van der Waals surface area contributed by atoms with Gasteiger partial charge in [0.05, 0.1) is 0 Å². The van der Waals surface area contributed by atoms with Crippen LogP contribution in [-0.2, 0) is 10.4 Å². The second-order valence-corrected chi connectivity index (χ2v) is 4.15. The maximum atomic E-state index is 11.9. The van der Waals surface area contributed by atoms with E-state index in [1.165, 1.54) is 18.2 Å². The molecule has 1 aromatic carbocycles. The zero-order valence-corrected chi connectivity index (χ0v) is 8.73. The molecular weight excluding hydrogens is 248 g/mol. The molecule has 0 saturated heterocycles. The number of halogens is 3. The van der Waals surface area contributed by atoms with Crippen LogP contribution in [0.4, 0.5) is 8.78 Å². The van der Waals surface area contributed by atoms with E-state index in [4.69, 9.17) is 20.5 Å². The van der Waals surface area contributed by atoms with Gasteiger partial charge in [-0.3, -0.25) is 0 Å². The van der Waals surface area contributed by atoms with Gasteiger partial charge in [0.1, 0.15) is 11.8 Å². The first kappa shape index (κ1) is 12.0. The monoisotopic (exact) mass is 252 g/mol. The minimum atomic E-state index is -3.02. The number of nitrogens with zero attached hydrogens (tertiary/aromatic N) is 1. The van der Waals surface area contributed by atoms with E-state index in [-0.39, 0.29) is 16.2 Å². The first-order valence-corrected chi connectivity index (χ1v) is 5.64. The standard InChI is InChI=1S/C8H5ClF2NO2S/c9-15(13)7-3-1-2-6(5(7)4-12)14-8(10)11/h1-3,8,13H/q+1. The van der Waals surface area contributed by atoms with Crippen molar-refractivity contribution in [2.45, 2.75) is 11.5 Å². The summed E-state index contributed by atoms with van der Waals surface area (Å²) in [7, 11) is 3.69. The third kappa shape index (κ3) is 2.96. The highest BCUT2D eigenvalue weighted by atomic mass is 35.7. The highest BCUT2D eigenvalue weighted by Crippen LogP contribution is 2.28. The average molecular weight is 253 g/mol. The van der Waals surface area contributed by atoms with Crippen molar-refractivity contribution in [1.82, 2.24) is 0 Å². The van der Waals surface area contributed by atoms with Gasteiger partial charge in [0.2, 0.25) is 15.6 Å². The molecule has 0 aliphatic carbocycles. The van der Waals surface area contributed by atoms with E-state index in [9.17, 15) is 8.78 Å². The summed E-state index contributed by atoms with van der Waals surface area (Å²) in [6.07, 6.45) is 0. The summed E-state index contributed by atoms with van der Waals surface area (Å²) in [5.74, 6) is -0.294. The Morgan fingerprint density at radius 2 is 2.20 bits per heavy atom. The van der Waals surface area contributed by atoms with Crippen LogP contribution in [0.2, 0.25) is 0 Å². The highest BCUT2D eigenvalue weighted by Gasteiger charge is 2.26. The molecule has 15 heavy (non-hydrogen) atoms. The smallest absolute Gasteiger partial charge is 0.387 e. The lowest BCUT2D eigenvalue weighted by atomic mass is 10.2. The van der Waals surface area contributed by atoms with Crippen molar-refractivity contribution in [3.63, 3.8) is 0 Å². The van der Waals surface area contributed by atoms with Gasteiger partial charge in [0.25, 0.3) is 0 Å². The average Bonchev–Trinajstić information content (AvgIpc) is 2.16. The van der Waals surface area contributed by atoms with Crippen molar-refractivity contribution in [2.75, 3.05) is 0 Å². The molecule has 0 aromatic heterocycles. The normalized spacial score (nSPS) is 12.3. The first-order valence-electron chi connectivity index (χ1n) is 3.63. The van der Waals surface area contributed by atoms with Crippen LogP contribution in [0.3, 0.4) is 0 Å². The predicted molar refractivity (Wildman–Crippen MR) is 51.9 cm³/mol. The van der Waals surface area contributed by atoms with E-state index in [0.29, 0.717) is 0 Å². The van der Waals surface area contributed by atoms with Crippen LogP contribution in [-0.4, -0.2) is 11.2 Å². The van der Waals surface area contributed by atoms with Gasteiger partial charge in [-0.2, -0.15) is 18.6 Å². The Morgan fingerprint density at radius 1 is 1.53 bits per heavy atom. The van der Waals surface area contributed by atoms with Crippen molar-refractivity contribution in [3.8, 4) is 11.8 Å². The molecule has 0 radical (unpaired) electrons. The topological polar surface area (TPSA) is 53.2 Å². The van der Waals surface area contributed by atoms with E-state index in [1.807, 2.05) is 0 Å². The van der Waals surface area contributed by atoms with E-state index in [2.05, 4.69) is 4.74 Å². The first-order chi connectivity index (χ1) is 7.06. The number of rotatable bonds is 3. The van der Waals surface area contributed by atoms with Crippen molar-refractivity contribution in [1.29, 1.82) is 5.26 Å². The quantitative estimate of drug-likeness (QED) is 0.842. The Bertz CT molecular complexity index is 395. The van der Waals surface area contributed by atoms with Crippen LogP contribution in [0, 0.1) is 11.3 Å². The minimum Gasteiger partial charge on any atom is -0.433 e. The van der Waals surface area contributed by atoms with Crippen molar-refractivity contribution >= 4 is 21.1 Å². The summed E-state index contributed by atoms with van der Waals surface area (Å²) < 4.78 is 37.1. The lowest BCUT2D eigenvalue weighted by Crippen LogP contribution is -2.05. The Morgan fingerprint density at radius 3 is 2.67 bits per heavy atom. The number of hydrogen-bond acceptors (Lipinski definition) is 3.